The summed E-state index contributed by atoms with van der Waals surface area (Å²) in [4.78, 5) is 36.4. The number of nitrogens with one attached hydrogen (secondary N) is 1. The van der Waals surface area contributed by atoms with E-state index in [4.69, 9.17) is 27.9 Å². The zero-order valence-corrected chi connectivity index (χ0v) is 15.5. The SMILES string of the molecule is O=C1C=CN(c2ccc(N3C[C@H](CNC(=O)C(Cl)Cl)OC3=O)cc2F)CC1. The van der Waals surface area contributed by atoms with Crippen LogP contribution in [0, 0.1) is 5.82 Å². The van der Waals surface area contributed by atoms with E-state index in [9.17, 15) is 18.8 Å². The van der Waals surface area contributed by atoms with Crippen LogP contribution in [0.4, 0.5) is 20.6 Å². The average molecular weight is 416 g/mol. The van der Waals surface area contributed by atoms with E-state index in [-0.39, 0.29) is 18.9 Å². The number of hydrogen-bond donors (Lipinski definition) is 1. The third-order valence-electron chi connectivity index (χ3n) is 4.17. The molecular weight excluding hydrogens is 400 g/mol. The Hall–Kier alpha value is -2.32. The largest absolute Gasteiger partial charge is 0.442 e. The monoisotopic (exact) mass is 415 g/mol. The number of halogens is 3. The quantitative estimate of drug-likeness (QED) is 0.746. The molecule has 1 saturated heterocycles. The number of rotatable bonds is 5. The minimum absolute atomic E-state index is 0.00382. The molecule has 0 aliphatic carbocycles. The standard InChI is InChI=1S/C17H16Cl2FN3O4/c18-15(19)16(25)21-8-12-9-23(17(26)27-12)10-1-2-14(13(20)7-10)22-5-3-11(24)4-6-22/h1-3,5,7,12,15H,4,6,8-9H2,(H,21,25)/t12-/m0/s1. The number of nitrogens with zero attached hydrogens (tertiary/aromatic N) is 2. The first-order valence-corrected chi connectivity index (χ1v) is 9.03. The van der Waals surface area contributed by atoms with Gasteiger partial charge in [0.1, 0.15) is 11.9 Å². The lowest BCUT2D eigenvalue weighted by atomic mass is 10.1. The van der Waals surface area contributed by atoms with Crippen LogP contribution in [-0.2, 0) is 14.3 Å². The van der Waals surface area contributed by atoms with Crippen molar-refractivity contribution < 1.29 is 23.5 Å². The number of carbonyl (C=O) groups excluding carboxylic acids is 3. The molecule has 2 aliphatic rings. The highest BCUT2D eigenvalue weighted by molar-refractivity contribution is 6.53. The summed E-state index contributed by atoms with van der Waals surface area (Å²) >= 11 is 10.9. The topological polar surface area (TPSA) is 79.0 Å². The van der Waals surface area contributed by atoms with Gasteiger partial charge in [-0.25, -0.2) is 9.18 Å². The molecule has 0 aromatic heterocycles. The summed E-state index contributed by atoms with van der Waals surface area (Å²) in [6.07, 6.45) is 2.01. The Balaban J connectivity index is 1.67. The zero-order valence-electron chi connectivity index (χ0n) is 14.0. The van der Waals surface area contributed by atoms with Crippen LogP contribution >= 0.6 is 23.2 Å². The number of hydrogen-bond acceptors (Lipinski definition) is 5. The molecule has 2 aliphatic heterocycles. The van der Waals surface area contributed by atoms with Gasteiger partial charge in [0, 0.05) is 19.2 Å². The number of anilines is 2. The molecule has 0 unspecified atom stereocenters. The Bertz CT molecular complexity index is 802. The lowest BCUT2D eigenvalue weighted by Gasteiger charge is -2.24. The lowest BCUT2D eigenvalue weighted by molar-refractivity contribution is -0.119. The number of carbonyl (C=O) groups is 3. The van der Waals surface area contributed by atoms with Gasteiger partial charge < -0.3 is 15.0 Å². The van der Waals surface area contributed by atoms with Crippen molar-refractivity contribution in [1.82, 2.24) is 5.32 Å². The van der Waals surface area contributed by atoms with Crippen molar-refractivity contribution in [2.45, 2.75) is 17.4 Å². The molecule has 0 spiro atoms. The Kier molecular flexibility index (Phi) is 5.86. The fraction of sp³-hybridized carbons (Fsp3) is 0.353. The van der Waals surface area contributed by atoms with Crippen LogP contribution in [0.2, 0.25) is 0 Å². The summed E-state index contributed by atoms with van der Waals surface area (Å²) in [5.41, 5.74) is 0.647. The second kappa shape index (κ2) is 8.14. The minimum atomic E-state index is -1.21. The highest BCUT2D eigenvalue weighted by Crippen LogP contribution is 2.29. The van der Waals surface area contributed by atoms with Crippen molar-refractivity contribution in [3.05, 3.63) is 36.3 Å². The number of amides is 2. The van der Waals surface area contributed by atoms with Crippen molar-refractivity contribution in [3.63, 3.8) is 0 Å². The minimum Gasteiger partial charge on any atom is -0.442 e. The first-order valence-electron chi connectivity index (χ1n) is 8.16. The van der Waals surface area contributed by atoms with Gasteiger partial charge in [0.25, 0.3) is 5.91 Å². The normalized spacial score (nSPS) is 19.6. The van der Waals surface area contributed by atoms with Crippen molar-refractivity contribution in [2.24, 2.45) is 0 Å². The molecule has 1 atom stereocenters. The second-order valence-electron chi connectivity index (χ2n) is 6.02. The van der Waals surface area contributed by atoms with Crippen molar-refractivity contribution >= 4 is 52.4 Å². The Labute approximate surface area is 164 Å². The number of ketones is 1. The Morgan fingerprint density at radius 1 is 1.37 bits per heavy atom. The van der Waals surface area contributed by atoms with Gasteiger partial charge in [0.15, 0.2) is 10.6 Å². The van der Waals surface area contributed by atoms with Crippen LogP contribution in [0.1, 0.15) is 6.42 Å². The zero-order chi connectivity index (χ0) is 19.6. The van der Waals surface area contributed by atoms with Crippen molar-refractivity contribution in [3.8, 4) is 0 Å². The smallest absolute Gasteiger partial charge is 0.414 e. The van der Waals surface area contributed by atoms with E-state index in [1.54, 1.807) is 17.0 Å². The first-order chi connectivity index (χ1) is 12.8. The van der Waals surface area contributed by atoms with Gasteiger partial charge in [0.05, 0.1) is 24.5 Å². The van der Waals surface area contributed by atoms with Gasteiger partial charge >= 0.3 is 6.09 Å². The molecule has 1 aromatic carbocycles. The maximum Gasteiger partial charge on any atom is 0.414 e. The first kappa shape index (κ1) is 19.4. The summed E-state index contributed by atoms with van der Waals surface area (Å²) in [5, 5.41) is 2.46. The highest BCUT2D eigenvalue weighted by atomic mass is 35.5. The molecule has 1 N–H and O–H groups in total. The molecule has 1 fully saturated rings. The molecule has 2 heterocycles. The van der Waals surface area contributed by atoms with Crippen molar-refractivity contribution in [2.75, 3.05) is 29.4 Å². The van der Waals surface area contributed by atoms with Crippen LogP contribution in [0.3, 0.4) is 0 Å². The van der Waals surface area contributed by atoms with Gasteiger partial charge in [-0.3, -0.25) is 14.5 Å². The summed E-state index contributed by atoms with van der Waals surface area (Å²) in [5.74, 6) is -1.12. The van der Waals surface area contributed by atoms with Gasteiger partial charge in [0.2, 0.25) is 0 Å². The maximum atomic E-state index is 14.5. The number of ether oxygens (including phenoxy) is 1. The summed E-state index contributed by atoms with van der Waals surface area (Å²) < 4.78 is 19.7. The fourth-order valence-electron chi connectivity index (χ4n) is 2.79. The number of alkyl halides is 2. The third kappa shape index (κ3) is 4.51. The Morgan fingerprint density at radius 3 is 2.78 bits per heavy atom. The average Bonchev–Trinajstić information content (AvgIpc) is 3.01. The maximum absolute atomic E-state index is 14.5. The molecule has 0 bridgehead atoms. The van der Waals surface area contributed by atoms with E-state index in [1.807, 2.05) is 0 Å². The number of cyclic esters (lactones) is 1. The van der Waals surface area contributed by atoms with E-state index in [0.29, 0.717) is 24.3 Å². The lowest BCUT2D eigenvalue weighted by Crippen LogP contribution is -2.37. The Morgan fingerprint density at radius 2 is 2.15 bits per heavy atom. The van der Waals surface area contributed by atoms with Crippen LogP contribution in [-0.4, -0.2) is 48.4 Å². The van der Waals surface area contributed by atoms with Crippen molar-refractivity contribution in [1.29, 1.82) is 0 Å². The molecule has 27 heavy (non-hydrogen) atoms. The van der Waals surface area contributed by atoms with E-state index in [2.05, 4.69) is 5.32 Å². The predicted octanol–water partition coefficient (Wildman–Crippen LogP) is 2.36. The second-order valence-corrected chi connectivity index (χ2v) is 7.12. The summed E-state index contributed by atoms with van der Waals surface area (Å²) in [6.45, 7) is 0.580. The number of allylic oxidation sites excluding steroid dienone is 1. The molecule has 2 amide bonds. The molecular formula is C17H16Cl2FN3O4. The molecule has 1 aromatic rings. The van der Waals surface area contributed by atoms with E-state index >= 15 is 0 Å². The molecule has 0 radical (unpaired) electrons. The molecule has 7 nitrogen and oxygen atoms in total. The molecule has 144 valence electrons. The van der Waals surface area contributed by atoms with Crippen LogP contribution in [0.5, 0.6) is 0 Å². The highest BCUT2D eigenvalue weighted by Gasteiger charge is 2.33. The summed E-state index contributed by atoms with van der Waals surface area (Å²) in [7, 11) is 0. The van der Waals surface area contributed by atoms with Gasteiger partial charge in [-0.05, 0) is 24.3 Å². The third-order valence-corrected chi connectivity index (χ3v) is 4.56. The molecule has 10 heteroatoms. The molecule has 0 saturated carbocycles. The van der Waals surface area contributed by atoms with E-state index in [0.717, 1.165) is 0 Å². The number of benzene rings is 1. The summed E-state index contributed by atoms with van der Waals surface area (Å²) in [6, 6.07) is 4.37. The van der Waals surface area contributed by atoms with Gasteiger partial charge in [-0.1, -0.05) is 23.2 Å². The van der Waals surface area contributed by atoms with Crippen LogP contribution in [0.15, 0.2) is 30.5 Å². The molecule has 3 rings (SSSR count). The predicted molar refractivity (Wildman–Crippen MR) is 98.6 cm³/mol. The van der Waals surface area contributed by atoms with Crippen LogP contribution < -0.4 is 15.1 Å². The fourth-order valence-corrected chi connectivity index (χ4v) is 2.94. The van der Waals surface area contributed by atoms with Gasteiger partial charge in [-0.15, -0.1) is 0 Å². The van der Waals surface area contributed by atoms with E-state index in [1.165, 1.54) is 23.2 Å². The van der Waals surface area contributed by atoms with E-state index < -0.39 is 28.8 Å². The van der Waals surface area contributed by atoms with Crippen LogP contribution in [0.25, 0.3) is 0 Å². The van der Waals surface area contributed by atoms with Gasteiger partial charge in [-0.2, -0.15) is 0 Å².